The molecule has 1 atom stereocenters. The van der Waals surface area contributed by atoms with Gasteiger partial charge in [-0.05, 0) is 48.1 Å². The van der Waals surface area contributed by atoms with Gasteiger partial charge in [-0.2, -0.15) is 0 Å². The summed E-state index contributed by atoms with van der Waals surface area (Å²) in [5.74, 6) is -0.160. The van der Waals surface area contributed by atoms with E-state index in [1.807, 2.05) is 18.2 Å². The zero-order chi connectivity index (χ0) is 25.6. The fourth-order valence-corrected chi connectivity index (χ4v) is 5.53. The van der Waals surface area contributed by atoms with Crippen LogP contribution in [0.25, 0.3) is 11.0 Å². The lowest BCUT2D eigenvalue weighted by molar-refractivity contribution is -0.138. The van der Waals surface area contributed by atoms with Crippen LogP contribution in [0.1, 0.15) is 38.5 Å². The summed E-state index contributed by atoms with van der Waals surface area (Å²) in [5.41, 5.74) is 0.154. The summed E-state index contributed by atoms with van der Waals surface area (Å²) in [4.78, 5) is 28.6. The first-order valence-electron chi connectivity index (χ1n) is 11.4. The molecule has 10 heteroatoms. The molecule has 0 radical (unpaired) electrons. The Morgan fingerprint density at radius 3 is 2.60 bits per heavy atom. The molecule has 0 unspecified atom stereocenters. The zero-order valence-corrected chi connectivity index (χ0v) is 20.9. The predicted molar refractivity (Wildman–Crippen MR) is 135 cm³/mol. The van der Waals surface area contributed by atoms with Gasteiger partial charge in [-0.3, -0.25) is 9.59 Å². The molecule has 3 N–H and O–H groups in total. The van der Waals surface area contributed by atoms with Gasteiger partial charge in [-0.25, -0.2) is 18.1 Å². The maximum Gasteiger partial charge on any atom is 0.322 e. The van der Waals surface area contributed by atoms with Gasteiger partial charge in [0.15, 0.2) is 5.43 Å². The summed E-state index contributed by atoms with van der Waals surface area (Å²) < 4.78 is 32.9. The van der Waals surface area contributed by atoms with Gasteiger partial charge < -0.3 is 14.8 Å². The van der Waals surface area contributed by atoms with Crippen molar-refractivity contribution < 1.29 is 22.7 Å². The molecule has 0 spiro atoms. The molecule has 0 saturated carbocycles. The molecule has 0 bridgehead atoms. The van der Waals surface area contributed by atoms with Crippen LogP contribution >= 0.6 is 0 Å². The fraction of sp³-hybridized carbons (Fsp3) is 0.400. The third-order valence-corrected chi connectivity index (χ3v) is 6.99. The van der Waals surface area contributed by atoms with E-state index in [2.05, 4.69) is 15.0 Å². The topological polar surface area (TPSA) is 139 Å². The number of fused-ring (bicyclic) bond motifs is 1. The van der Waals surface area contributed by atoms with Gasteiger partial charge >= 0.3 is 5.97 Å². The number of carboxylic acids is 1. The molecule has 35 heavy (non-hydrogen) atoms. The Kier molecular flexibility index (Phi) is 8.29. The highest BCUT2D eigenvalue weighted by molar-refractivity contribution is 7.89. The summed E-state index contributed by atoms with van der Waals surface area (Å²) in [6.45, 7) is 5.95. The molecule has 0 aliphatic heterocycles. The van der Waals surface area contributed by atoms with Crippen LogP contribution in [-0.4, -0.2) is 42.8 Å². The van der Waals surface area contributed by atoms with E-state index in [-0.39, 0.29) is 17.6 Å². The molecule has 0 amide bonds. The van der Waals surface area contributed by atoms with Crippen molar-refractivity contribution >= 4 is 32.8 Å². The molecular weight excluding hydrogens is 470 g/mol. The van der Waals surface area contributed by atoms with Crippen molar-refractivity contribution in [2.45, 2.75) is 46.1 Å². The lowest BCUT2D eigenvalue weighted by Crippen LogP contribution is -2.45. The second-order valence-corrected chi connectivity index (χ2v) is 11.4. The van der Waals surface area contributed by atoms with E-state index in [9.17, 15) is 23.1 Å². The third kappa shape index (κ3) is 8.18. The Balaban J connectivity index is 1.68. The van der Waals surface area contributed by atoms with Crippen molar-refractivity contribution in [2.24, 2.45) is 5.41 Å². The number of aromatic nitrogens is 1. The summed E-state index contributed by atoms with van der Waals surface area (Å²) >= 11 is 0. The number of carboxylic acid groups (broad SMARTS) is 1. The molecule has 3 rings (SSSR count). The van der Waals surface area contributed by atoms with E-state index in [1.165, 1.54) is 6.07 Å². The summed E-state index contributed by atoms with van der Waals surface area (Å²) in [7, 11) is -3.81. The number of hydrogen-bond acceptors (Lipinski definition) is 7. The van der Waals surface area contributed by atoms with Gasteiger partial charge in [0.25, 0.3) is 0 Å². The first kappa shape index (κ1) is 26.4. The fourth-order valence-electron chi connectivity index (χ4n) is 3.69. The number of aryl methyl sites for hydroxylation is 1. The Bertz CT molecular complexity index is 1330. The smallest absolute Gasteiger partial charge is 0.322 e. The molecule has 2 heterocycles. The number of pyridine rings is 1. The highest BCUT2D eigenvalue weighted by atomic mass is 32.2. The first-order valence-corrected chi connectivity index (χ1v) is 13.0. The third-order valence-electron chi connectivity index (χ3n) is 5.10. The molecule has 0 aliphatic rings. The molecule has 188 valence electrons. The number of aliphatic carboxylic acids is 1. The van der Waals surface area contributed by atoms with Gasteiger partial charge in [0.1, 0.15) is 23.2 Å². The minimum Gasteiger partial charge on any atom is -0.480 e. The van der Waals surface area contributed by atoms with Crippen LogP contribution in [0.5, 0.6) is 0 Å². The van der Waals surface area contributed by atoms with E-state index in [0.29, 0.717) is 35.3 Å². The molecule has 0 saturated heterocycles. The molecule has 3 aromatic rings. The number of benzene rings is 1. The van der Waals surface area contributed by atoms with Gasteiger partial charge in [0.2, 0.25) is 10.0 Å². The number of sulfonamides is 1. The minimum atomic E-state index is -3.81. The zero-order valence-electron chi connectivity index (χ0n) is 20.1. The van der Waals surface area contributed by atoms with E-state index in [4.69, 9.17) is 4.42 Å². The van der Waals surface area contributed by atoms with Crippen molar-refractivity contribution in [3.05, 3.63) is 70.2 Å². The first-order chi connectivity index (χ1) is 16.4. The van der Waals surface area contributed by atoms with Crippen LogP contribution in [-0.2, 0) is 27.7 Å². The van der Waals surface area contributed by atoms with Gasteiger partial charge in [-0.15, -0.1) is 0 Å². The minimum absolute atomic E-state index is 0.102. The molecule has 9 nitrogen and oxygen atoms in total. The standard InChI is InChI=1S/C25H31N3O6S/c1-25(2,3)16-35(32,33)28-20(24(30)31)14-17-9-10-22-19(13-17)21(29)15-18(34-22)7-6-12-27-23-8-4-5-11-26-23/h4-5,8-11,13,15,20,28H,6-7,12,14,16H2,1-3H3,(H,26,27)(H,30,31)/t20-/m0/s1. The van der Waals surface area contributed by atoms with Crippen molar-refractivity contribution in [3.63, 3.8) is 0 Å². The largest absolute Gasteiger partial charge is 0.480 e. The maximum atomic E-state index is 12.7. The van der Waals surface area contributed by atoms with E-state index >= 15 is 0 Å². The highest BCUT2D eigenvalue weighted by Crippen LogP contribution is 2.19. The highest BCUT2D eigenvalue weighted by Gasteiger charge is 2.28. The molecule has 1 aromatic carbocycles. The van der Waals surface area contributed by atoms with E-state index in [1.54, 1.807) is 45.2 Å². The molecule has 0 aliphatic carbocycles. The van der Waals surface area contributed by atoms with E-state index in [0.717, 1.165) is 12.2 Å². The van der Waals surface area contributed by atoms with Crippen molar-refractivity contribution in [1.29, 1.82) is 0 Å². The lowest BCUT2D eigenvalue weighted by atomic mass is 10.0. The molecular formula is C25H31N3O6S. The number of hydrogen-bond donors (Lipinski definition) is 3. The van der Waals surface area contributed by atoms with Crippen molar-refractivity contribution in [3.8, 4) is 0 Å². The number of nitrogens with one attached hydrogen (secondary N) is 2. The Hall–Kier alpha value is -3.24. The summed E-state index contributed by atoms with van der Waals surface area (Å²) in [6.07, 6.45) is 2.90. The van der Waals surface area contributed by atoms with Crippen LogP contribution < -0.4 is 15.5 Å². The average Bonchev–Trinajstić information content (AvgIpc) is 2.75. The summed E-state index contributed by atoms with van der Waals surface area (Å²) in [5, 5.41) is 13.1. The maximum absolute atomic E-state index is 12.7. The van der Waals surface area contributed by atoms with Crippen molar-refractivity contribution in [2.75, 3.05) is 17.6 Å². The predicted octanol–water partition coefficient (Wildman–Crippen LogP) is 3.19. The Morgan fingerprint density at radius 2 is 1.94 bits per heavy atom. The molecule has 2 aromatic heterocycles. The van der Waals surface area contributed by atoms with Gasteiger partial charge in [0, 0.05) is 25.2 Å². The SMILES string of the molecule is CC(C)(C)CS(=O)(=O)N[C@@H](Cc1ccc2oc(CCCNc3ccccn3)cc(=O)c2c1)C(=O)O. The monoisotopic (exact) mass is 501 g/mol. The lowest BCUT2D eigenvalue weighted by Gasteiger charge is -2.21. The second kappa shape index (κ2) is 11.0. The number of anilines is 1. The Morgan fingerprint density at radius 1 is 1.17 bits per heavy atom. The van der Waals surface area contributed by atoms with Gasteiger partial charge in [-0.1, -0.05) is 32.9 Å². The van der Waals surface area contributed by atoms with Crippen molar-refractivity contribution in [1.82, 2.24) is 9.71 Å². The number of nitrogens with zero attached hydrogens (tertiary/aromatic N) is 1. The van der Waals surface area contributed by atoms with Crippen LogP contribution in [0.4, 0.5) is 5.82 Å². The second-order valence-electron chi connectivity index (χ2n) is 9.69. The quantitative estimate of drug-likeness (QED) is 0.341. The Labute approximate surface area is 204 Å². The van der Waals surface area contributed by atoms with Crippen LogP contribution in [0.2, 0.25) is 0 Å². The number of rotatable bonds is 11. The average molecular weight is 502 g/mol. The van der Waals surface area contributed by atoms with Gasteiger partial charge in [0.05, 0.1) is 11.1 Å². The normalized spacial score (nSPS) is 13.0. The summed E-state index contributed by atoms with van der Waals surface area (Å²) in [6, 6.07) is 10.5. The van der Waals surface area contributed by atoms with Crippen LogP contribution in [0.15, 0.2) is 57.9 Å². The van der Waals surface area contributed by atoms with Crippen LogP contribution in [0, 0.1) is 5.41 Å². The van der Waals surface area contributed by atoms with E-state index < -0.39 is 27.4 Å². The van der Waals surface area contributed by atoms with Crippen LogP contribution in [0.3, 0.4) is 0 Å². The number of carbonyl (C=O) groups is 1. The molecule has 0 fully saturated rings.